The Morgan fingerprint density at radius 2 is 1.77 bits per heavy atom. The van der Waals surface area contributed by atoms with Crippen LogP contribution >= 0.6 is 0 Å². The molecule has 2 amide bonds. The van der Waals surface area contributed by atoms with E-state index in [-0.39, 0.29) is 37.0 Å². The standard InChI is InChI=1S/C18H16F2N4O2/c19-12-7-11(8-13(20)9-12)10-22-16(25)5-6-21-18(26)17-14-3-1-2-4-15(14)23-24-17/h1-4,7-9H,5-6,10H2,(H,21,26)(H,22,25)(H,23,24). The molecular formula is C18H16F2N4O2. The first-order valence-corrected chi connectivity index (χ1v) is 7.96. The summed E-state index contributed by atoms with van der Waals surface area (Å²) in [6.45, 7) is 0.120. The first-order valence-electron chi connectivity index (χ1n) is 7.96. The number of H-pyrrole nitrogens is 1. The molecule has 26 heavy (non-hydrogen) atoms. The summed E-state index contributed by atoms with van der Waals surface area (Å²) >= 11 is 0. The number of nitrogens with one attached hydrogen (secondary N) is 3. The van der Waals surface area contributed by atoms with Gasteiger partial charge in [0.05, 0.1) is 5.52 Å². The zero-order valence-electron chi connectivity index (χ0n) is 13.7. The van der Waals surface area contributed by atoms with Gasteiger partial charge in [0.1, 0.15) is 11.6 Å². The van der Waals surface area contributed by atoms with E-state index in [1.165, 1.54) is 0 Å². The van der Waals surface area contributed by atoms with Crippen LogP contribution in [0.1, 0.15) is 22.5 Å². The van der Waals surface area contributed by atoms with Crippen molar-refractivity contribution in [2.24, 2.45) is 0 Å². The number of aromatic nitrogens is 2. The van der Waals surface area contributed by atoms with E-state index < -0.39 is 11.6 Å². The highest BCUT2D eigenvalue weighted by atomic mass is 19.1. The molecule has 6 nitrogen and oxygen atoms in total. The van der Waals surface area contributed by atoms with Crippen LogP contribution in [0.15, 0.2) is 42.5 Å². The van der Waals surface area contributed by atoms with Crippen molar-refractivity contribution in [3.05, 3.63) is 65.4 Å². The Bertz CT molecular complexity index is 935. The third-order valence-electron chi connectivity index (χ3n) is 3.74. The van der Waals surface area contributed by atoms with Gasteiger partial charge in [-0.25, -0.2) is 8.78 Å². The molecule has 0 saturated heterocycles. The van der Waals surface area contributed by atoms with Crippen LogP contribution in [-0.2, 0) is 11.3 Å². The molecule has 0 atom stereocenters. The Morgan fingerprint density at radius 1 is 1.04 bits per heavy atom. The van der Waals surface area contributed by atoms with Crippen molar-refractivity contribution in [2.45, 2.75) is 13.0 Å². The summed E-state index contributed by atoms with van der Waals surface area (Å²) in [6, 6.07) is 10.3. The molecule has 0 aliphatic rings. The zero-order valence-corrected chi connectivity index (χ0v) is 13.7. The van der Waals surface area contributed by atoms with E-state index in [0.29, 0.717) is 10.9 Å². The molecule has 3 aromatic rings. The van der Waals surface area contributed by atoms with Gasteiger partial charge in [0.15, 0.2) is 5.69 Å². The lowest BCUT2D eigenvalue weighted by molar-refractivity contribution is -0.121. The van der Waals surface area contributed by atoms with Crippen LogP contribution < -0.4 is 10.6 Å². The van der Waals surface area contributed by atoms with Crippen LogP contribution in [0.25, 0.3) is 10.9 Å². The van der Waals surface area contributed by atoms with Gasteiger partial charge >= 0.3 is 0 Å². The number of carbonyl (C=O) groups is 2. The van der Waals surface area contributed by atoms with E-state index in [1.54, 1.807) is 12.1 Å². The molecule has 2 aromatic carbocycles. The molecule has 3 rings (SSSR count). The Labute approximate surface area is 147 Å². The highest BCUT2D eigenvalue weighted by Crippen LogP contribution is 2.14. The number of rotatable bonds is 6. The van der Waals surface area contributed by atoms with Crippen LogP contribution in [0.4, 0.5) is 8.78 Å². The largest absolute Gasteiger partial charge is 0.352 e. The minimum absolute atomic E-state index is 0.00542. The molecule has 0 bridgehead atoms. The summed E-state index contributed by atoms with van der Waals surface area (Å²) in [5.74, 6) is -2.13. The lowest BCUT2D eigenvalue weighted by Gasteiger charge is -2.07. The van der Waals surface area contributed by atoms with Gasteiger partial charge in [-0.05, 0) is 23.8 Å². The molecular weight excluding hydrogens is 342 g/mol. The maximum absolute atomic E-state index is 13.1. The number of aromatic amines is 1. The number of hydrogen-bond donors (Lipinski definition) is 3. The molecule has 1 heterocycles. The number of hydrogen-bond acceptors (Lipinski definition) is 3. The average molecular weight is 358 g/mol. The summed E-state index contributed by atoms with van der Waals surface area (Å²) in [7, 11) is 0. The lowest BCUT2D eigenvalue weighted by atomic mass is 10.2. The number of nitrogens with zero attached hydrogens (tertiary/aromatic N) is 1. The summed E-state index contributed by atoms with van der Waals surface area (Å²) in [4.78, 5) is 23.9. The van der Waals surface area contributed by atoms with Crippen molar-refractivity contribution in [3.63, 3.8) is 0 Å². The van der Waals surface area contributed by atoms with E-state index in [9.17, 15) is 18.4 Å². The normalized spacial score (nSPS) is 10.7. The fourth-order valence-corrected chi connectivity index (χ4v) is 2.51. The predicted molar refractivity (Wildman–Crippen MR) is 91.2 cm³/mol. The smallest absolute Gasteiger partial charge is 0.272 e. The lowest BCUT2D eigenvalue weighted by Crippen LogP contribution is -2.30. The first kappa shape index (κ1) is 17.5. The summed E-state index contributed by atoms with van der Waals surface area (Å²) < 4.78 is 26.2. The van der Waals surface area contributed by atoms with Gasteiger partial charge in [-0.15, -0.1) is 0 Å². The fourth-order valence-electron chi connectivity index (χ4n) is 2.51. The van der Waals surface area contributed by atoms with Gasteiger partial charge in [0.2, 0.25) is 5.91 Å². The monoisotopic (exact) mass is 358 g/mol. The van der Waals surface area contributed by atoms with Crippen LogP contribution in [-0.4, -0.2) is 28.6 Å². The first-order chi connectivity index (χ1) is 12.5. The van der Waals surface area contributed by atoms with Gasteiger partial charge in [-0.2, -0.15) is 5.10 Å². The van der Waals surface area contributed by atoms with Gasteiger partial charge in [0, 0.05) is 31.0 Å². The van der Waals surface area contributed by atoms with E-state index in [1.807, 2.05) is 12.1 Å². The molecule has 0 fully saturated rings. The SMILES string of the molecule is O=C(CCNC(=O)c1n[nH]c2ccccc12)NCc1cc(F)cc(F)c1. The molecule has 8 heteroatoms. The number of halogens is 2. The molecule has 1 aromatic heterocycles. The molecule has 3 N–H and O–H groups in total. The zero-order chi connectivity index (χ0) is 18.5. The summed E-state index contributed by atoms with van der Waals surface area (Å²) in [6.07, 6.45) is 0.0336. The van der Waals surface area contributed by atoms with Crippen LogP contribution in [0.2, 0.25) is 0 Å². The second kappa shape index (κ2) is 7.73. The van der Waals surface area contributed by atoms with Crippen molar-refractivity contribution in [1.82, 2.24) is 20.8 Å². The molecule has 134 valence electrons. The second-order valence-corrected chi connectivity index (χ2v) is 5.68. The minimum atomic E-state index is -0.701. The van der Waals surface area contributed by atoms with E-state index in [2.05, 4.69) is 20.8 Å². The van der Waals surface area contributed by atoms with Crippen molar-refractivity contribution < 1.29 is 18.4 Å². The van der Waals surface area contributed by atoms with E-state index in [0.717, 1.165) is 23.7 Å². The van der Waals surface area contributed by atoms with Gasteiger partial charge in [-0.3, -0.25) is 14.7 Å². The summed E-state index contributed by atoms with van der Waals surface area (Å²) in [5, 5.41) is 12.6. The van der Waals surface area contributed by atoms with Crippen LogP contribution in [0.3, 0.4) is 0 Å². The molecule has 0 spiro atoms. The molecule has 0 radical (unpaired) electrons. The molecule has 0 aliphatic carbocycles. The summed E-state index contributed by atoms with van der Waals surface area (Å²) in [5.41, 5.74) is 1.33. The highest BCUT2D eigenvalue weighted by Gasteiger charge is 2.13. The Kier molecular flexibility index (Phi) is 5.21. The number of amides is 2. The Hall–Kier alpha value is -3.29. The van der Waals surface area contributed by atoms with E-state index in [4.69, 9.17) is 0 Å². The third-order valence-corrected chi connectivity index (χ3v) is 3.74. The Morgan fingerprint density at radius 3 is 2.54 bits per heavy atom. The molecule has 0 aliphatic heterocycles. The third kappa shape index (κ3) is 4.21. The predicted octanol–water partition coefficient (Wildman–Crippen LogP) is 2.28. The van der Waals surface area contributed by atoms with Crippen LogP contribution in [0.5, 0.6) is 0 Å². The minimum Gasteiger partial charge on any atom is -0.352 e. The van der Waals surface area contributed by atoms with Gasteiger partial charge in [-0.1, -0.05) is 18.2 Å². The number of fused-ring (bicyclic) bond motifs is 1. The van der Waals surface area contributed by atoms with Gasteiger partial charge in [0.25, 0.3) is 5.91 Å². The van der Waals surface area contributed by atoms with Crippen LogP contribution in [0, 0.1) is 11.6 Å². The fraction of sp³-hybridized carbons (Fsp3) is 0.167. The highest BCUT2D eigenvalue weighted by molar-refractivity contribution is 6.04. The van der Waals surface area contributed by atoms with Crippen molar-refractivity contribution in [3.8, 4) is 0 Å². The van der Waals surface area contributed by atoms with Crippen molar-refractivity contribution in [2.75, 3.05) is 6.54 Å². The molecule has 0 saturated carbocycles. The topological polar surface area (TPSA) is 86.9 Å². The number of carbonyl (C=O) groups excluding carboxylic acids is 2. The van der Waals surface area contributed by atoms with Crippen molar-refractivity contribution >= 4 is 22.7 Å². The number of para-hydroxylation sites is 1. The average Bonchev–Trinajstić information content (AvgIpc) is 3.03. The quantitative estimate of drug-likeness (QED) is 0.632. The number of benzene rings is 2. The Balaban J connectivity index is 1.47. The maximum Gasteiger partial charge on any atom is 0.272 e. The second-order valence-electron chi connectivity index (χ2n) is 5.68. The van der Waals surface area contributed by atoms with E-state index >= 15 is 0 Å². The molecule has 0 unspecified atom stereocenters. The maximum atomic E-state index is 13.1. The van der Waals surface area contributed by atoms with Crippen molar-refractivity contribution in [1.29, 1.82) is 0 Å². The van der Waals surface area contributed by atoms with Gasteiger partial charge < -0.3 is 10.6 Å².